The van der Waals surface area contributed by atoms with Gasteiger partial charge in [0.1, 0.15) is 17.1 Å². The number of alkyl halides is 3. The van der Waals surface area contributed by atoms with Gasteiger partial charge < -0.3 is 14.5 Å². The zero-order valence-corrected chi connectivity index (χ0v) is 18.5. The summed E-state index contributed by atoms with van der Waals surface area (Å²) in [4.78, 5) is 33.3. The van der Waals surface area contributed by atoms with Gasteiger partial charge in [0.25, 0.3) is 5.91 Å². The summed E-state index contributed by atoms with van der Waals surface area (Å²) in [6.45, 7) is 0.481. The monoisotopic (exact) mass is 488 g/mol. The highest BCUT2D eigenvalue weighted by molar-refractivity contribution is 5.98. The number of anilines is 1. The average molecular weight is 488 g/mol. The van der Waals surface area contributed by atoms with Gasteiger partial charge in [-0.1, -0.05) is 0 Å². The molecule has 8 nitrogen and oxygen atoms in total. The number of fused-ring (bicyclic) bond motifs is 2. The van der Waals surface area contributed by atoms with Crippen LogP contribution in [0.2, 0.25) is 0 Å². The summed E-state index contributed by atoms with van der Waals surface area (Å²) in [5.41, 5.74) is -0.710. The van der Waals surface area contributed by atoms with Crippen molar-refractivity contribution in [3.05, 3.63) is 60.1 Å². The fourth-order valence-electron chi connectivity index (χ4n) is 4.83. The molecule has 5 heterocycles. The van der Waals surface area contributed by atoms with E-state index in [1.54, 1.807) is 11.0 Å². The molecule has 2 aliphatic heterocycles. The van der Waals surface area contributed by atoms with Crippen LogP contribution in [0.25, 0.3) is 11.4 Å². The lowest BCUT2D eigenvalue weighted by molar-refractivity contribution is -0.138. The minimum Gasteiger partial charge on any atom is -0.492 e. The Hall–Kier alpha value is -3.83. The van der Waals surface area contributed by atoms with Gasteiger partial charge in [0.05, 0.1) is 18.9 Å². The molecule has 5 rings (SSSR count). The number of halogens is 4. The predicted molar refractivity (Wildman–Crippen MR) is 116 cm³/mol. The van der Waals surface area contributed by atoms with Crippen LogP contribution in [-0.2, 0) is 6.18 Å². The number of carbonyl (C=O) groups excluding carboxylic acids is 1. The molecule has 2 fully saturated rings. The maximum atomic E-state index is 14.0. The van der Waals surface area contributed by atoms with Gasteiger partial charge in [0.15, 0.2) is 17.4 Å². The number of likely N-dealkylation sites (tertiary alicyclic amines) is 1. The van der Waals surface area contributed by atoms with E-state index in [-0.39, 0.29) is 53.8 Å². The summed E-state index contributed by atoms with van der Waals surface area (Å²) in [6.07, 6.45) is 1.78. The van der Waals surface area contributed by atoms with E-state index in [1.165, 1.54) is 19.5 Å². The van der Waals surface area contributed by atoms with E-state index in [2.05, 4.69) is 19.9 Å². The number of piperazine rings is 1. The first-order chi connectivity index (χ1) is 16.8. The zero-order chi connectivity index (χ0) is 24.7. The molecule has 0 aliphatic carbocycles. The van der Waals surface area contributed by atoms with E-state index < -0.39 is 23.5 Å². The summed E-state index contributed by atoms with van der Waals surface area (Å²) in [6, 6.07) is 3.12. The second-order valence-electron chi connectivity index (χ2n) is 8.34. The lowest BCUT2D eigenvalue weighted by atomic mass is 10.1. The first-order valence-corrected chi connectivity index (χ1v) is 10.9. The van der Waals surface area contributed by atoms with E-state index in [0.717, 1.165) is 24.5 Å². The molecule has 2 bridgehead atoms. The van der Waals surface area contributed by atoms with Gasteiger partial charge in [0, 0.05) is 43.8 Å². The Balaban J connectivity index is 1.45. The fourth-order valence-corrected chi connectivity index (χ4v) is 4.83. The molecule has 0 radical (unpaired) electrons. The number of aromatic nitrogens is 4. The van der Waals surface area contributed by atoms with Crippen molar-refractivity contribution in [2.24, 2.45) is 0 Å². The van der Waals surface area contributed by atoms with Crippen LogP contribution in [0.15, 0.2) is 43.0 Å². The molecule has 0 N–H and O–H groups in total. The number of amides is 1. The van der Waals surface area contributed by atoms with E-state index in [0.29, 0.717) is 12.8 Å². The predicted octanol–water partition coefficient (Wildman–Crippen LogP) is 3.59. The normalized spacial score (nSPS) is 19.7. The topological polar surface area (TPSA) is 84.3 Å². The van der Waals surface area contributed by atoms with Crippen molar-refractivity contribution < 1.29 is 27.1 Å². The Morgan fingerprint density at radius 1 is 1.06 bits per heavy atom. The number of nitrogens with zero attached hydrogens (tertiary/aromatic N) is 6. The maximum Gasteiger partial charge on any atom is 0.420 e. The molecule has 1 amide bonds. The van der Waals surface area contributed by atoms with Gasteiger partial charge in [-0.25, -0.2) is 24.3 Å². The lowest BCUT2D eigenvalue weighted by Gasteiger charge is -2.42. The molecule has 2 atom stereocenters. The minimum atomic E-state index is -4.59. The van der Waals surface area contributed by atoms with Gasteiger partial charge in [-0.3, -0.25) is 4.79 Å². The minimum absolute atomic E-state index is 0.0141. The quantitative estimate of drug-likeness (QED) is 0.519. The second-order valence-corrected chi connectivity index (χ2v) is 8.34. The van der Waals surface area contributed by atoms with Crippen LogP contribution in [-0.4, -0.2) is 63.0 Å². The van der Waals surface area contributed by atoms with Crippen LogP contribution >= 0.6 is 0 Å². The molecule has 35 heavy (non-hydrogen) atoms. The lowest BCUT2D eigenvalue weighted by Crippen LogP contribution is -2.56. The third kappa shape index (κ3) is 4.13. The molecule has 12 heteroatoms. The number of carbonyl (C=O) groups is 1. The van der Waals surface area contributed by atoms with E-state index in [1.807, 2.05) is 4.90 Å². The third-order valence-electron chi connectivity index (χ3n) is 6.27. The maximum absolute atomic E-state index is 14.0. The smallest absolute Gasteiger partial charge is 0.420 e. The Morgan fingerprint density at radius 2 is 1.74 bits per heavy atom. The van der Waals surface area contributed by atoms with Crippen molar-refractivity contribution in [3.8, 4) is 17.1 Å². The first kappa shape index (κ1) is 22.9. The molecule has 2 aliphatic rings. The fraction of sp³-hybridized carbons (Fsp3) is 0.348. The largest absolute Gasteiger partial charge is 0.492 e. The highest BCUT2D eigenvalue weighted by Crippen LogP contribution is 2.44. The van der Waals surface area contributed by atoms with Gasteiger partial charge in [-0.2, -0.15) is 13.2 Å². The number of hydrogen-bond acceptors (Lipinski definition) is 7. The van der Waals surface area contributed by atoms with Gasteiger partial charge in [-0.05, 0) is 31.0 Å². The molecular formula is C23H20F4N6O2. The van der Waals surface area contributed by atoms with Crippen LogP contribution in [0.3, 0.4) is 0 Å². The Bertz CT molecular complexity index is 1240. The summed E-state index contributed by atoms with van der Waals surface area (Å²) in [5.74, 6) is -1.10. The van der Waals surface area contributed by atoms with Crippen molar-refractivity contribution in [2.45, 2.75) is 31.1 Å². The van der Waals surface area contributed by atoms with Crippen molar-refractivity contribution in [1.82, 2.24) is 24.8 Å². The Kier molecular flexibility index (Phi) is 5.73. The Labute approximate surface area is 197 Å². The molecule has 3 aromatic rings. The zero-order valence-electron chi connectivity index (χ0n) is 18.5. The molecular weight excluding hydrogens is 468 g/mol. The van der Waals surface area contributed by atoms with Crippen molar-refractivity contribution in [1.29, 1.82) is 0 Å². The van der Waals surface area contributed by atoms with E-state index in [9.17, 15) is 22.4 Å². The summed E-state index contributed by atoms with van der Waals surface area (Å²) in [7, 11) is 1.19. The number of methoxy groups -OCH3 is 1. The second kappa shape index (κ2) is 8.75. The SMILES string of the molecule is COc1c(C(F)(F)F)ccnc1N1C2CCC1CN(C(=O)c1ncc(F)cc1-c1ncccn1)C2. The molecule has 0 aromatic carbocycles. The van der Waals surface area contributed by atoms with E-state index in [4.69, 9.17) is 4.74 Å². The number of rotatable bonds is 4. The molecule has 182 valence electrons. The van der Waals surface area contributed by atoms with E-state index >= 15 is 0 Å². The summed E-state index contributed by atoms with van der Waals surface area (Å²) in [5, 5.41) is 0. The van der Waals surface area contributed by atoms with Crippen LogP contribution in [0.4, 0.5) is 23.4 Å². The standard InChI is InChI=1S/C23H20F4N6O2/c1-35-19-17(23(25,26)27)5-8-30-21(19)33-14-3-4-15(33)12-32(11-14)22(34)18-16(9-13(24)10-31-18)20-28-6-2-7-29-20/h2,5-10,14-15H,3-4,11-12H2,1H3. The first-order valence-electron chi connectivity index (χ1n) is 10.9. The summed E-state index contributed by atoms with van der Waals surface area (Å²) < 4.78 is 59.7. The van der Waals surface area contributed by atoms with Crippen LogP contribution in [0, 0.1) is 5.82 Å². The van der Waals surface area contributed by atoms with Crippen molar-refractivity contribution in [3.63, 3.8) is 0 Å². The molecule has 0 saturated carbocycles. The number of pyridine rings is 2. The van der Waals surface area contributed by atoms with Crippen LogP contribution in [0.5, 0.6) is 5.75 Å². The highest BCUT2D eigenvalue weighted by Gasteiger charge is 2.45. The van der Waals surface area contributed by atoms with Crippen LogP contribution in [0.1, 0.15) is 28.9 Å². The molecule has 2 unspecified atom stereocenters. The van der Waals surface area contributed by atoms with Crippen molar-refractivity contribution >= 4 is 11.7 Å². The summed E-state index contributed by atoms with van der Waals surface area (Å²) >= 11 is 0. The Morgan fingerprint density at radius 3 is 2.37 bits per heavy atom. The van der Waals surface area contributed by atoms with Gasteiger partial charge in [0.2, 0.25) is 0 Å². The van der Waals surface area contributed by atoms with Crippen molar-refractivity contribution in [2.75, 3.05) is 25.1 Å². The van der Waals surface area contributed by atoms with Crippen LogP contribution < -0.4 is 9.64 Å². The third-order valence-corrected chi connectivity index (χ3v) is 6.27. The number of ether oxygens (including phenoxy) is 1. The molecule has 2 saturated heterocycles. The molecule has 0 spiro atoms. The average Bonchev–Trinajstić information content (AvgIpc) is 3.11. The van der Waals surface area contributed by atoms with Gasteiger partial charge >= 0.3 is 6.18 Å². The van der Waals surface area contributed by atoms with Gasteiger partial charge in [-0.15, -0.1) is 0 Å². The highest BCUT2D eigenvalue weighted by atomic mass is 19.4. The molecule has 3 aromatic heterocycles. The number of hydrogen-bond donors (Lipinski definition) is 0.